The first-order chi connectivity index (χ1) is 16.2. The highest BCUT2D eigenvalue weighted by Crippen LogP contribution is 2.46. The molecule has 0 amide bonds. The van der Waals surface area contributed by atoms with E-state index in [9.17, 15) is 9.90 Å². The average molecular weight is 481 g/mol. The Labute approximate surface area is 208 Å². The monoisotopic (exact) mass is 480 g/mol. The highest BCUT2D eigenvalue weighted by Gasteiger charge is 2.45. The standard InChI is InChI=1S/C29H36O2S2/c30-22-18-25-17-21-29(28(25)31,19-9-3-11-23-32-26-13-5-1-6-14-26)20-10-4-12-24-33-27-15-7-2-8-16-27/h1-8,11-16,25,30H,9-10,17-24H2/b11-3+,12-4+. The molecular weight excluding hydrogens is 444 g/mol. The molecule has 2 nitrogen and oxygen atoms in total. The number of hydrogen-bond donors (Lipinski definition) is 1. The molecule has 2 aromatic carbocycles. The third-order valence-corrected chi connectivity index (χ3v) is 8.36. The van der Waals surface area contributed by atoms with Gasteiger partial charge in [-0.05, 0) is 69.2 Å². The van der Waals surface area contributed by atoms with Crippen molar-refractivity contribution in [3.8, 4) is 0 Å². The topological polar surface area (TPSA) is 37.3 Å². The van der Waals surface area contributed by atoms with Gasteiger partial charge in [0.05, 0.1) is 0 Å². The van der Waals surface area contributed by atoms with Crippen LogP contribution in [0.4, 0.5) is 0 Å². The molecule has 1 aliphatic rings. The molecule has 3 rings (SSSR count). The summed E-state index contributed by atoms with van der Waals surface area (Å²) in [5.74, 6) is 2.36. The summed E-state index contributed by atoms with van der Waals surface area (Å²) in [6.07, 6.45) is 15.2. The van der Waals surface area contributed by atoms with Crippen LogP contribution < -0.4 is 0 Å². The fourth-order valence-corrected chi connectivity index (χ4v) is 6.15. The number of rotatable bonds is 14. The van der Waals surface area contributed by atoms with Crippen LogP contribution in [0.3, 0.4) is 0 Å². The third-order valence-electron chi connectivity index (χ3n) is 6.43. The summed E-state index contributed by atoms with van der Waals surface area (Å²) in [6, 6.07) is 20.9. The van der Waals surface area contributed by atoms with E-state index in [2.05, 4.69) is 72.8 Å². The molecule has 0 radical (unpaired) electrons. The van der Waals surface area contributed by atoms with Crippen molar-refractivity contribution in [2.45, 2.75) is 54.7 Å². The SMILES string of the molecule is O=C1C(CCO)CCC1(CC/C=C/CSc1ccccc1)CC/C=C/CSc1ccccc1. The number of Topliss-reactive ketones (excluding diaryl/α,β-unsaturated/α-hetero) is 1. The van der Waals surface area contributed by atoms with E-state index in [0.717, 1.165) is 50.0 Å². The van der Waals surface area contributed by atoms with E-state index in [1.807, 2.05) is 35.7 Å². The largest absolute Gasteiger partial charge is 0.396 e. The van der Waals surface area contributed by atoms with Crippen LogP contribution in [-0.4, -0.2) is 29.0 Å². The summed E-state index contributed by atoms with van der Waals surface area (Å²) in [7, 11) is 0. The van der Waals surface area contributed by atoms with Crippen LogP contribution in [0.15, 0.2) is 94.8 Å². The number of ketones is 1. The number of aliphatic hydroxyl groups excluding tert-OH is 1. The van der Waals surface area contributed by atoms with Crippen LogP contribution in [0, 0.1) is 11.3 Å². The van der Waals surface area contributed by atoms with Gasteiger partial charge in [-0.3, -0.25) is 4.79 Å². The first-order valence-electron chi connectivity index (χ1n) is 12.0. The van der Waals surface area contributed by atoms with Crippen molar-refractivity contribution < 1.29 is 9.90 Å². The van der Waals surface area contributed by atoms with Crippen LogP contribution in [0.1, 0.15) is 44.9 Å². The second-order valence-electron chi connectivity index (χ2n) is 8.66. The van der Waals surface area contributed by atoms with Crippen molar-refractivity contribution in [2.75, 3.05) is 18.1 Å². The maximum absolute atomic E-state index is 13.3. The van der Waals surface area contributed by atoms with E-state index in [1.165, 1.54) is 9.79 Å². The van der Waals surface area contributed by atoms with Gasteiger partial charge in [-0.1, -0.05) is 60.7 Å². The molecule has 1 fully saturated rings. The zero-order valence-corrected chi connectivity index (χ0v) is 21.0. The van der Waals surface area contributed by atoms with Crippen molar-refractivity contribution in [3.63, 3.8) is 0 Å². The minimum absolute atomic E-state index is 0.0465. The van der Waals surface area contributed by atoms with Crippen molar-refractivity contribution >= 4 is 29.3 Å². The van der Waals surface area contributed by atoms with Gasteiger partial charge < -0.3 is 5.11 Å². The highest BCUT2D eigenvalue weighted by molar-refractivity contribution is 7.99. The van der Waals surface area contributed by atoms with Crippen LogP contribution in [-0.2, 0) is 4.79 Å². The average Bonchev–Trinajstić information content (AvgIpc) is 3.15. The van der Waals surface area contributed by atoms with Gasteiger partial charge in [-0.25, -0.2) is 0 Å². The van der Waals surface area contributed by atoms with Gasteiger partial charge in [0.2, 0.25) is 0 Å². The predicted octanol–water partition coefficient (Wildman–Crippen LogP) is 7.59. The number of benzene rings is 2. The maximum Gasteiger partial charge on any atom is 0.142 e. The van der Waals surface area contributed by atoms with Crippen molar-refractivity contribution in [3.05, 3.63) is 85.0 Å². The number of hydrogen-bond acceptors (Lipinski definition) is 4. The number of allylic oxidation sites excluding steroid dienone is 2. The molecule has 4 heteroatoms. The van der Waals surface area contributed by atoms with Gasteiger partial charge in [0, 0.05) is 39.2 Å². The molecular formula is C29H36O2S2. The lowest BCUT2D eigenvalue weighted by atomic mass is 9.75. The Morgan fingerprint density at radius 2 is 1.33 bits per heavy atom. The number of carbonyl (C=O) groups excluding carboxylic acids is 1. The molecule has 33 heavy (non-hydrogen) atoms. The van der Waals surface area contributed by atoms with Gasteiger partial charge in [-0.15, -0.1) is 23.5 Å². The Bertz CT molecular complexity index is 820. The maximum atomic E-state index is 13.3. The Kier molecular flexibility index (Phi) is 11.4. The molecule has 0 aromatic heterocycles. The lowest BCUT2D eigenvalue weighted by molar-refractivity contribution is -0.130. The first-order valence-corrected chi connectivity index (χ1v) is 14.0. The molecule has 1 N–H and O–H groups in total. The van der Waals surface area contributed by atoms with E-state index in [-0.39, 0.29) is 17.9 Å². The molecule has 1 atom stereocenters. The summed E-state index contributed by atoms with van der Waals surface area (Å²) in [5.41, 5.74) is -0.215. The zero-order chi connectivity index (χ0) is 23.2. The number of thioether (sulfide) groups is 2. The first kappa shape index (κ1) is 25.9. The summed E-state index contributed by atoms with van der Waals surface area (Å²) >= 11 is 3.67. The summed E-state index contributed by atoms with van der Waals surface area (Å²) in [5, 5.41) is 9.37. The lowest BCUT2D eigenvalue weighted by Crippen LogP contribution is -2.29. The molecule has 1 unspecified atom stereocenters. The van der Waals surface area contributed by atoms with E-state index in [0.29, 0.717) is 12.2 Å². The van der Waals surface area contributed by atoms with E-state index >= 15 is 0 Å². The van der Waals surface area contributed by atoms with Crippen LogP contribution in [0.2, 0.25) is 0 Å². The fraction of sp³-hybridized carbons (Fsp3) is 0.414. The summed E-state index contributed by atoms with van der Waals surface area (Å²) in [4.78, 5) is 15.8. The Morgan fingerprint density at radius 1 is 0.818 bits per heavy atom. The van der Waals surface area contributed by atoms with Crippen molar-refractivity contribution in [2.24, 2.45) is 11.3 Å². The second kappa shape index (κ2) is 14.5. The van der Waals surface area contributed by atoms with Gasteiger partial charge >= 0.3 is 0 Å². The molecule has 2 aromatic rings. The molecule has 0 saturated heterocycles. The normalized spacial score (nSPS) is 18.0. The summed E-state index contributed by atoms with van der Waals surface area (Å²) in [6.45, 7) is 0.111. The van der Waals surface area contributed by atoms with Gasteiger partial charge in [0.25, 0.3) is 0 Å². The van der Waals surface area contributed by atoms with E-state index in [4.69, 9.17) is 0 Å². The number of aliphatic hydroxyl groups is 1. The molecule has 0 heterocycles. The predicted molar refractivity (Wildman–Crippen MR) is 143 cm³/mol. The minimum atomic E-state index is -0.215. The lowest BCUT2D eigenvalue weighted by Gasteiger charge is -2.27. The quantitative estimate of drug-likeness (QED) is 0.223. The second-order valence-corrected chi connectivity index (χ2v) is 10.8. The Balaban J connectivity index is 1.46. The van der Waals surface area contributed by atoms with Crippen molar-refractivity contribution in [1.29, 1.82) is 0 Å². The highest BCUT2D eigenvalue weighted by atomic mass is 32.2. The Hall–Kier alpha value is -1.75. The van der Waals surface area contributed by atoms with Crippen LogP contribution in [0.25, 0.3) is 0 Å². The smallest absolute Gasteiger partial charge is 0.142 e. The van der Waals surface area contributed by atoms with Crippen LogP contribution in [0.5, 0.6) is 0 Å². The molecule has 1 aliphatic carbocycles. The minimum Gasteiger partial charge on any atom is -0.396 e. The number of carbonyl (C=O) groups is 1. The van der Waals surface area contributed by atoms with E-state index in [1.54, 1.807) is 0 Å². The van der Waals surface area contributed by atoms with Crippen LogP contribution >= 0.6 is 23.5 Å². The summed E-state index contributed by atoms with van der Waals surface area (Å²) < 4.78 is 0. The van der Waals surface area contributed by atoms with Crippen molar-refractivity contribution in [1.82, 2.24) is 0 Å². The van der Waals surface area contributed by atoms with Gasteiger partial charge in [0.1, 0.15) is 5.78 Å². The zero-order valence-electron chi connectivity index (χ0n) is 19.4. The van der Waals surface area contributed by atoms with Gasteiger partial charge in [-0.2, -0.15) is 0 Å². The molecule has 176 valence electrons. The van der Waals surface area contributed by atoms with E-state index < -0.39 is 0 Å². The molecule has 0 spiro atoms. The molecule has 0 bridgehead atoms. The molecule has 1 saturated carbocycles. The third kappa shape index (κ3) is 8.51. The van der Waals surface area contributed by atoms with Gasteiger partial charge in [0.15, 0.2) is 0 Å². The Morgan fingerprint density at radius 3 is 1.82 bits per heavy atom. The molecule has 0 aliphatic heterocycles. The fourth-order valence-electron chi connectivity index (χ4n) is 4.60.